The summed E-state index contributed by atoms with van der Waals surface area (Å²) in [6.45, 7) is 3.42. The zero-order valence-electron chi connectivity index (χ0n) is 14.8. The summed E-state index contributed by atoms with van der Waals surface area (Å²) in [5.41, 5.74) is 0.0963. The minimum Gasteiger partial charge on any atom is -0.449 e. The van der Waals surface area contributed by atoms with Crippen LogP contribution in [0.15, 0.2) is 46.5 Å². The fourth-order valence-electron chi connectivity index (χ4n) is 2.54. The molecule has 0 saturated heterocycles. The van der Waals surface area contributed by atoms with Gasteiger partial charge in [-0.15, -0.1) is 11.3 Å². The van der Waals surface area contributed by atoms with E-state index in [0.29, 0.717) is 6.54 Å². The second-order valence-electron chi connectivity index (χ2n) is 5.76. The van der Waals surface area contributed by atoms with E-state index in [9.17, 15) is 14.9 Å². The van der Waals surface area contributed by atoms with Crippen molar-refractivity contribution in [2.45, 2.75) is 26.5 Å². The van der Waals surface area contributed by atoms with Gasteiger partial charge in [0.15, 0.2) is 6.10 Å². The standard InChI is InChI=1S/C19H17N3O4S/c1-12-16(15(10-20)18(25-12)22-7-3-4-8-22)19(24)26-13(2)17(23)21-11-14-6-5-9-27-14/h3-9,13H,11H2,1-2H3,(H,21,23). The number of aromatic nitrogens is 1. The van der Waals surface area contributed by atoms with Gasteiger partial charge in [0.2, 0.25) is 5.88 Å². The molecule has 0 aromatic carbocycles. The first-order valence-corrected chi connectivity index (χ1v) is 9.07. The highest BCUT2D eigenvalue weighted by atomic mass is 32.1. The Morgan fingerprint density at radius 1 is 1.37 bits per heavy atom. The minimum atomic E-state index is -1.01. The first-order valence-electron chi connectivity index (χ1n) is 8.19. The fourth-order valence-corrected chi connectivity index (χ4v) is 3.18. The maximum Gasteiger partial charge on any atom is 0.343 e. The molecule has 1 atom stereocenters. The number of ether oxygens (including phenoxy) is 1. The topological polar surface area (TPSA) is 97.3 Å². The van der Waals surface area contributed by atoms with Gasteiger partial charge in [-0.25, -0.2) is 4.79 Å². The molecule has 0 spiro atoms. The Hall–Kier alpha value is -3.31. The summed E-state index contributed by atoms with van der Waals surface area (Å²) in [5, 5.41) is 14.1. The van der Waals surface area contributed by atoms with E-state index in [1.807, 2.05) is 23.6 Å². The number of amides is 1. The molecule has 0 radical (unpaired) electrons. The highest BCUT2D eigenvalue weighted by molar-refractivity contribution is 7.09. The monoisotopic (exact) mass is 383 g/mol. The summed E-state index contributed by atoms with van der Waals surface area (Å²) in [4.78, 5) is 25.7. The lowest BCUT2D eigenvalue weighted by Crippen LogP contribution is -2.35. The van der Waals surface area contributed by atoms with Gasteiger partial charge >= 0.3 is 5.97 Å². The van der Waals surface area contributed by atoms with Crippen LogP contribution in [0, 0.1) is 18.3 Å². The lowest BCUT2D eigenvalue weighted by molar-refractivity contribution is -0.129. The van der Waals surface area contributed by atoms with Crippen molar-refractivity contribution in [3.05, 3.63) is 63.8 Å². The van der Waals surface area contributed by atoms with E-state index >= 15 is 0 Å². The van der Waals surface area contributed by atoms with Crippen molar-refractivity contribution in [2.75, 3.05) is 0 Å². The normalized spacial score (nSPS) is 11.6. The molecule has 3 heterocycles. The van der Waals surface area contributed by atoms with Crippen molar-refractivity contribution in [3.63, 3.8) is 0 Å². The zero-order chi connectivity index (χ0) is 19.4. The Morgan fingerprint density at radius 3 is 2.74 bits per heavy atom. The van der Waals surface area contributed by atoms with E-state index in [1.165, 1.54) is 18.3 Å². The van der Waals surface area contributed by atoms with Crippen LogP contribution in [-0.2, 0) is 16.1 Å². The summed E-state index contributed by atoms with van der Waals surface area (Å²) in [6, 6.07) is 9.33. The Kier molecular flexibility index (Phi) is 5.43. The van der Waals surface area contributed by atoms with E-state index in [0.717, 1.165) is 4.88 Å². The van der Waals surface area contributed by atoms with Crippen molar-refractivity contribution in [2.24, 2.45) is 0 Å². The second-order valence-corrected chi connectivity index (χ2v) is 6.79. The van der Waals surface area contributed by atoms with Gasteiger partial charge in [0.25, 0.3) is 5.91 Å². The number of nitriles is 1. The predicted molar refractivity (Wildman–Crippen MR) is 98.5 cm³/mol. The van der Waals surface area contributed by atoms with Gasteiger partial charge in [0.05, 0.1) is 6.54 Å². The smallest absolute Gasteiger partial charge is 0.343 e. The molecule has 0 bridgehead atoms. The van der Waals surface area contributed by atoms with Crippen LogP contribution in [0.5, 0.6) is 0 Å². The Labute approximate surface area is 159 Å². The van der Waals surface area contributed by atoms with Crippen LogP contribution >= 0.6 is 11.3 Å². The number of hydrogen-bond donors (Lipinski definition) is 1. The molecule has 1 amide bonds. The molecule has 27 heavy (non-hydrogen) atoms. The Balaban J connectivity index is 1.72. The van der Waals surface area contributed by atoms with Crippen LogP contribution in [0.2, 0.25) is 0 Å². The number of rotatable bonds is 6. The number of furan rings is 1. The number of esters is 1. The van der Waals surface area contributed by atoms with Gasteiger partial charge in [0.1, 0.15) is 23.0 Å². The van der Waals surface area contributed by atoms with Crippen LogP contribution in [0.1, 0.15) is 33.5 Å². The molecular weight excluding hydrogens is 366 g/mol. The molecule has 3 aromatic heterocycles. The SMILES string of the molecule is Cc1oc(-n2cccc2)c(C#N)c1C(=O)OC(C)C(=O)NCc1cccs1. The molecule has 0 aliphatic carbocycles. The highest BCUT2D eigenvalue weighted by Gasteiger charge is 2.28. The van der Waals surface area contributed by atoms with Gasteiger partial charge in [-0.2, -0.15) is 5.26 Å². The summed E-state index contributed by atoms with van der Waals surface area (Å²) < 4.78 is 12.4. The molecule has 3 rings (SSSR count). The summed E-state index contributed by atoms with van der Waals surface area (Å²) in [7, 11) is 0. The molecule has 138 valence electrons. The summed E-state index contributed by atoms with van der Waals surface area (Å²) in [5.74, 6) is -0.694. The number of nitrogens with one attached hydrogen (secondary N) is 1. The van der Waals surface area contributed by atoms with Crippen LogP contribution in [0.4, 0.5) is 0 Å². The average Bonchev–Trinajstić information content (AvgIpc) is 3.39. The lowest BCUT2D eigenvalue weighted by atomic mass is 10.1. The van der Waals surface area contributed by atoms with E-state index in [2.05, 4.69) is 5.32 Å². The Bertz CT molecular complexity index is 981. The largest absolute Gasteiger partial charge is 0.449 e. The van der Waals surface area contributed by atoms with Crippen molar-refractivity contribution < 1.29 is 18.7 Å². The quantitative estimate of drug-likeness (QED) is 0.660. The molecule has 0 fully saturated rings. The molecule has 0 aliphatic heterocycles. The van der Waals surface area contributed by atoms with Crippen molar-refractivity contribution in [1.29, 1.82) is 5.26 Å². The summed E-state index contributed by atoms with van der Waals surface area (Å²) >= 11 is 1.52. The van der Waals surface area contributed by atoms with Gasteiger partial charge < -0.3 is 14.5 Å². The van der Waals surface area contributed by atoms with Gasteiger partial charge in [-0.05, 0) is 37.4 Å². The molecule has 1 unspecified atom stereocenters. The molecular formula is C19H17N3O4S. The molecule has 0 aliphatic rings. The highest BCUT2D eigenvalue weighted by Crippen LogP contribution is 2.26. The van der Waals surface area contributed by atoms with Crippen molar-refractivity contribution in [1.82, 2.24) is 9.88 Å². The van der Waals surface area contributed by atoms with Gasteiger partial charge in [0, 0.05) is 17.3 Å². The molecule has 8 heteroatoms. The maximum absolute atomic E-state index is 12.6. The molecule has 0 saturated carbocycles. The number of carbonyl (C=O) groups is 2. The van der Waals surface area contributed by atoms with Crippen LogP contribution in [0.25, 0.3) is 5.88 Å². The van der Waals surface area contributed by atoms with Crippen molar-refractivity contribution in [3.8, 4) is 12.0 Å². The second kappa shape index (κ2) is 7.93. The first kappa shape index (κ1) is 18.5. The fraction of sp³-hybridized carbons (Fsp3) is 0.211. The number of hydrogen-bond acceptors (Lipinski definition) is 6. The van der Waals surface area contributed by atoms with Crippen LogP contribution < -0.4 is 5.32 Å². The zero-order valence-corrected chi connectivity index (χ0v) is 15.6. The number of nitrogens with zero attached hydrogens (tertiary/aromatic N) is 2. The van der Waals surface area contributed by atoms with Crippen LogP contribution in [-0.4, -0.2) is 22.5 Å². The molecule has 1 N–H and O–H groups in total. The average molecular weight is 383 g/mol. The number of carbonyl (C=O) groups excluding carboxylic acids is 2. The predicted octanol–water partition coefficient (Wildman–Crippen LogP) is 3.17. The first-order chi connectivity index (χ1) is 13.0. The van der Waals surface area contributed by atoms with Crippen molar-refractivity contribution >= 4 is 23.2 Å². The number of aryl methyl sites for hydroxylation is 1. The van der Waals surface area contributed by atoms with Gasteiger partial charge in [-0.3, -0.25) is 9.36 Å². The third-order valence-corrected chi connectivity index (χ3v) is 4.77. The molecule has 7 nitrogen and oxygen atoms in total. The third-order valence-electron chi connectivity index (χ3n) is 3.89. The summed E-state index contributed by atoms with van der Waals surface area (Å²) in [6.07, 6.45) is 2.40. The third kappa shape index (κ3) is 3.93. The molecule has 3 aromatic rings. The van der Waals surface area contributed by atoms with E-state index in [1.54, 1.807) is 36.0 Å². The number of thiophene rings is 1. The van der Waals surface area contributed by atoms with E-state index in [-0.39, 0.29) is 22.8 Å². The van der Waals surface area contributed by atoms with E-state index < -0.39 is 18.0 Å². The Morgan fingerprint density at radius 2 is 2.11 bits per heavy atom. The van der Waals surface area contributed by atoms with Gasteiger partial charge in [-0.1, -0.05) is 6.07 Å². The van der Waals surface area contributed by atoms with E-state index in [4.69, 9.17) is 9.15 Å². The maximum atomic E-state index is 12.6. The lowest BCUT2D eigenvalue weighted by Gasteiger charge is -2.13. The minimum absolute atomic E-state index is 0.0270. The van der Waals surface area contributed by atoms with Crippen LogP contribution in [0.3, 0.4) is 0 Å².